The van der Waals surface area contributed by atoms with E-state index in [-0.39, 0.29) is 17.6 Å². The highest BCUT2D eigenvalue weighted by atomic mass is 19.1. The molecule has 1 aliphatic heterocycles. The number of fused-ring (bicyclic) bond motifs is 1. The van der Waals surface area contributed by atoms with Crippen molar-refractivity contribution in [3.63, 3.8) is 0 Å². The quantitative estimate of drug-likeness (QED) is 0.176. The lowest BCUT2D eigenvalue weighted by atomic mass is 10.0. The molecule has 4 heterocycles. The summed E-state index contributed by atoms with van der Waals surface area (Å²) in [6, 6.07) is 10.3. The highest BCUT2D eigenvalue weighted by Crippen LogP contribution is 2.47. The number of benzene rings is 1. The smallest absolute Gasteiger partial charge is 0.257 e. The van der Waals surface area contributed by atoms with Crippen LogP contribution in [0.25, 0.3) is 11.0 Å². The first-order chi connectivity index (χ1) is 21.9. The number of carbonyl (C=O) groups excluding carboxylic acids is 2. The summed E-state index contributed by atoms with van der Waals surface area (Å²) in [7, 11) is 1.51. The standard InChI is InChI=1S/C31H32FN7O6/c1-42-27-24(44-14-2-11-39-12-15-43-16-13-39)17-23-26(38-27)28(35-19-34-23)45-25-8-7-22(18-33-25)37-30(41)31(9-10-31)29(40)36-21-5-3-20(32)4-6-21/h3-8,17-19H,2,9-16H2,1H3,(H,36,40)(H,37,41). The first-order valence-electron chi connectivity index (χ1n) is 14.6. The fourth-order valence-electron chi connectivity index (χ4n) is 4.88. The minimum absolute atomic E-state index is 0.163. The fraction of sp³-hybridized carbons (Fsp3) is 0.355. The number of nitrogens with zero attached hydrogens (tertiary/aromatic N) is 5. The van der Waals surface area contributed by atoms with Gasteiger partial charge in [0.1, 0.15) is 23.1 Å². The van der Waals surface area contributed by atoms with E-state index in [1.165, 1.54) is 43.9 Å². The Bertz CT molecular complexity index is 1660. The van der Waals surface area contributed by atoms with E-state index in [2.05, 4.69) is 35.5 Å². The first kappa shape index (κ1) is 30.1. The van der Waals surface area contributed by atoms with Gasteiger partial charge in [-0.05, 0) is 49.6 Å². The second kappa shape index (κ2) is 13.4. The number of pyridine rings is 2. The summed E-state index contributed by atoms with van der Waals surface area (Å²) in [5.41, 5.74) is 0.463. The number of ether oxygens (including phenoxy) is 4. The van der Waals surface area contributed by atoms with Crippen molar-refractivity contribution in [2.45, 2.75) is 19.3 Å². The predicted molar refractivity (Wildman–Crippen MR) is 161 cm³/mol. The van der Waals surface area contributed by atoms with E-state index in [1.807, 2.05) is 0 Å². The third-order valence-corrected chi connectivity index (χ3v) is 7.60. The Labute approximate surface area is 258 Å². The number of methoxy groups -OCH3 is 1. The average Bonchev–Trinajstić information content (AvgIpc) is 3.88. The Hall–Kier alpha value is -4.95. The number of nitrogens with one attached hydrogen (secondary N) is 2. The van der Waals surface area contributed by atoms with Gasteiger partial charge < -0.3 is 29.6 Å². The molecule has 6 rings (SSSR count). The number of rotatable bonds is 12. The molecule has 1 saturated heterocycles. The topological polar surface area (TPSA) is 150 Å². The number of halogens is 1. The molecular formula is C31H32FN7O6. The highest BCUT2D eigenvalue weighted by Gasteiger charge is 2.56. The van der Waals surface area contributed by atoms with Gasteiger partial charge in [0.2, 0.25) is 17.7 Å². The Kier molecular flexibility index (Phi) is 8.93. The van der Waals surface area contributed by atoms with Gasteiger partial charge in [-0.2, -0.15) is 4.98 Å². The summed E-state index contributed by atoms with van der Waals surface area (Å²) in [6.07, 6.45) is 4.42. The molecule has 4 aromatic rings. The molecule has 0 atom stereocenters. The summed E-state index contributed by atoms with van der Waals surface area (Å²) < 4.78 is 35.9. The minimum atomic E-state index is -1.19. The zero-order valence-electron chi connectivity index (χ0n) is 24.6. The molecule has 13 nitrogen and oxygen atoms in total. The van der Waals surface area contributed by atoms with Crippen LogP contribution in [0.4, 0.5) is 15.8 Å². The molecule has 0 unspecified atom stereocenters. The molecule has 0 spiro atoms. The first-order valence-corrected chi connectivity index (χ1v) is 14.6. The van der Waals surface area contributed by atoms with Gasteiger partial charge in [0, 0.05) is 37.5 Å². The van der Waals surface area contributed by atoms with Crippen LogP contribution in [0.15, 0.2) is 55.0 Å². The van der Waals surface area contributed by atoms with E-state index in [1.54, 1.807) is 18.2 Å². The number of hydrogen-bond donors (Lipinski definition) is 2. The van der Waals surface area contributed by atoms with Crippen molar-refractivity contribution in [2.24, 2.45) is 5.41 Å². The van der Waals surface area contributed by atoms with Crippen molar-refractivity contribution < 1.29 is 32.9 Å². The largest absolute Gasteiger partial charge is 0.488 e. The van der Waals surface area contributed by atoms with Gasteiger partial charge >= 0.3 is 0 Å². The van der Waals surface area contributed by atoms with Crippen LogP contribution in [0.2, 0.25) is 0 Å². The molecular weight excluding hydrogens is 585 g/mol. The Morgan fingerprint density at radius 2 is 1.71 bits per heavy atom. The SMILES string of the molecule is COc1nc2c(Oc3ccc(NC(=O)C4(C(=O)Nc5ccc(F)cc5)CC4)cn3)ncnc2cc1OCCCN1CCOCC1. The Morgan fingerprint density at radius 3 is 2.40 bits per heavy atom. The van der Waals surface area contributed by atoms with Gasteiger partial charge in [-0.3, -0.25) is 14.5 Å². The zero-order chi connectivity index (χ0) is 31.2. The van der Waals surface area contributed by atoms with Gasteiger partial charge in [-0.1, -0.05) is 0 Å². The molecule has 2 fully saturated rings. The van der Waals surface area contributed by atoms with Crippen LogP contribution in [0.1, 0.15) is 19.3 Å². The van der Waals surface area contributed by atoms with E-state index in [9.17, 15) is 14.0 Å². The van der Waals surface area contributed by atoms with Crippen LogP contribution in [0.3, 0.4) is 0 Å². The van der Waals surface area contributed by atoms with Crippen molar-refractivity contribution in [2.75, 3.05) is 57.2 Å². The lowest BCUT2D eigenvalue weighted by molar-refractivity contribution is -0.131. The number of carbonyl (C=O) groups is 2. The second-order valence-electron chi connectivity index (χ2n) is 10.7. The summed E-state index contributed by atoms with van der Waals surface area (Å²) >= 11 is 0. The minimum Gasteiger partial charge on any atom is -0.488 e. The average molecular weight is 618 g/mol. The lowest BCUT2D eigenvalue weighted by Gasteiger charge is -2.26. The third-order valence-electron chi connectivity index (χ3n) is 7.60. The zero-order valence-corrected chi connectivity index (χ0v) is 24.6. The van der Waals surface area contributed by atoms with Crippen molar-refractivity contribution in [3.8, 4) is 23.4 Å². The number of amides is 2. The van der Waals surface area contributed by atoms with Crippen LogP contribution in [0, 0.1) is 11.2 Å². The molecule has 0 radical (unpaired) electrons. The molecule has 1 aromatic carbocycles. The number of morpholine rings is 1. The fourth-order valence-corrected chi connectivity index (χ4v) is 4.88. The van der Waals surface area contributed by atoms with E-state index >= 15 is 0 Å². The maximum Gasteiger partial charge on any atom is 0.257 e. The maximum absolute atomic E-state index is 13.2. The lowest BCUT2D eigenvalue weighted by Crippen LogP contribution is -2.37. The molecule has 2 amide bonds. The molecule has 3 aromatic heterocycles. The Morgan fingerprint density at radius 1 is 0.978 bits per heavy atom. The molecule has 0 bridgehead atoms. The maximum atomic E-state index is 13.2. The molecule has 45 heavy (non-hydrogen) atoms. The molecule has 234 valence electrons. The molecule has 1 saturated carbocycles. The van der Waals surface area contributed by atoms with Crippen LogP contribution in [0.5, 0.6) is 23.4 Å². The number of hydrogen-bond acceptors (Lipinski definition) is 11. The van der Waals surface area contributed by atoms with Crippen LogP contribution in [-0.4, -0.2) is 83.2 Å². The third kappa shape index (κ3) is 7.07. The normalized spacial score (nSPS) is 15.7. The predicted octanol–water partition coefficient (Wildman–Crippen LogP) is 3.82. The summed E-state index contributed by atoms with van der Waals surface area (Å²) in [6.45, 7) is 4.76. The van der Waals surface area contributed by atoms with Gasteiger partial charge in [-0.25, -0.2) is 19.3 Å². The van der Waals surface area contributed by atoms with Crippen LogP contribution in [-0.2, 0) is 14.3 Å². The van der Waals surface area contributed by atoms with Crippen molar-refractivity contribution in [1.82, 2.24) is 24.8 Å². The van der Waals surface area contributed by atoms with Crippen molar-refractivity contribution >= 4 is 34.2 Å². The molecule has 1 aliphatic carbocycles. The van der Waals surface area contributed by atoms with Gasteiger partial charge in [-0.15, -0.1) is 0 Å². The van der Waals surface area contributed by atoms with E-state index in [0.29, 0.717) is 47.6 Å². The van der Waals surface area contributed by atoms with Gasteiger partial charge in [0.15, 0.2) is 11.3 Å². The summed E-state index contributed by atoms with van der Waals surface area (Å²) in [4.78, 5) is 45.5. The van der Waals surface area contributed by atoms with E-state index < -0.39 is 23.0 Å². The second-order valence-corrected chi connectivity index (χ2v) is 10.7. The van der Waals surface area contributed by atoms with Gasteiger partial charge in [0.05, 0.1) is 38.8 Å². The van der Waals surface area contributed by atoms with E-state index in [0.717, 1.165) is 39.3 Å². The highest BCUT2D eigenvalue weighted by molar-refractivity contribution is 6.16. The van der Waals surface area contributed by atoms with Gasteiger partial charge in [0.25, 0.3) is 11.8 Å². The number of anilines is 2. The number of aromatic nitrogens is 4. The van der Waals surface area contributed by atoms with Crippen molar-refractivity contribution in [1.29, 1.82) is 0 Å². The van der Waals surface area contributed by atoms with E-state index in [4.69, 9.17) is 18.9 Å². The Balaban J connectivity index is 1.07. The monoisotopic (exact) mass is 617 g/mol. The molecule has 2 aliphatic rings. The summed E-state index contributed by atoms with van der Waals surface area (Å²) in [5.74, 6) is -0.204. The van der Waals surface area contributed by atoms with Crippen molar-refractivity contribution in [3.05, 3.63) is 60.8 Å². The van der Waals surface area contributed by atoms with Crippen LogP contribution < -0.4 is 24.8 Å². The van der Waals surface area contributed by atoms with Crippen LogP contribution >= 0.6 is 0 Å². The molecule has 14 heteroatoms. The molecule has 2 N–H and O–H groups in total. The summed E-state index contributed by atoms with van der Waals surface area (Å²) in [5, 5.41) is 5.43.